The fraction of sp³-hybridized carbons (Fsp3) is 0.250. The highest BCUT2D eigenvalue weighted by atomic mass is 32.1. The number of amides is 1. The van der Waals surface area contributed by atoms with E-state index in [9.17, 15) is 13.6 Å². The molecule has 8 heteroatoms. The van der Waals surface area contributed by atoms with Gasteiger partial charge in [-0.1, -0.05) is 18.3 Å². The van der Waals surface area contributed by atoms with Gasteiger partial charge in [-0.05, 0) is 18.6 Å². The van der Waals surface area contributed by atoms with Crippen LogP contribution in [0.5, 0.6) is 0 Å². The van der Waals surface area contributed by atoms with Crippen molar-refractivity contribution < 1.29 is 13.6 Å². The normalized spacial score (nSPS) is 10.3. The highest BCUT2D eigenvalue weighted by Gasteiger charge is 2.09. The number of anilines is 2. The van der Waals surface area contributed by atoms with Crippen LogP contribution < -0.4 is 10.6 Å². The summed E-state index contributed by atoms with van der Waals surface area (Å²) in [4.78, 5) is 11.6. The van der Waals surface area contributed by atoms with Crippen LogP contribution in [0.3, 0.4) is 0 Å². The Bertz CT molecular complexity index is 617. The van der Waals surface area contributed by atoms with Gasteiger partial charge in [-0.2, -0.15) is 0 Å². The number of rotatable bonds is 5. The Morgan fingerprint density at radius 2 is 2.15 bits per heavy atom. The third-order valence-electron chi connectivity index (χ3n) is 2.39. The zero-order chi connectivity index (χ0) is 14.5. The van der Waals surface area contributed by atoms with Gasteiger partial charge in [0.15, 0.2) is 0 Å². The van der Waals surface area contributed by atoms with E-state index in [0.29, 0.717) is 5.13 Å². The number of aryl methyl sites for hydroxylation is 1. The molecule has 0 spiro atoms. The molecule has 1 aromatic heterocycles. The molecule has 106 valence electrons. The molecule has 0 aliphatic heterocycles. The van der Waals surface area contributed by atoms with Gasteiger partial charge in [-0.25, -0.2) is 8.78 Å². The zero-order valence-electron chi connectivity index (χ0n) is 10.6. The molecule has 5 nitrogen and oxygen atoms in total. The number of halogens is 2. The van der Waals surface area contributed by atoms with Gasteiger partial charge in [0.05, 0.1) is 12.2 Å². The van der Waals surface area contributed by atoms with Gasteiger partial charge in [-0.15, -0.1) is 10.2 Å². The third-order valence-corrected chi connectivity index (χ3v) is 3.37. The number of hydrogen-bond acceptors (Lipinski definition) is 5. The van der Waals surface area contributed by atoms with E-state index in [-0.39, 0.29) is 18.1 Å². The lowest BCUT2D eigenvalue weighted by Gasteiger charge is -2.06. The van der Waals surface area contributed by atoms with Gasteiger partial charge in [0.1, 0.15) is 16.6 Å². The van der Waals surface area contributed by atoms with Gasteiger partial charge in [0.2, 0.25) is 11.0 Å². The van der Waals surface area contributed by atoms with Crippen molar-refractivity contribution in [1.82, 2.24) is 10.2 Å². The average molecular weight is 298 g/mol. The molecule has 0 saturated heterocycles. The van der Waals surface area contributed by atoms with E-state index in [2.05, 4.69) is 20.8 Å². The van der Waals surface area contributed by atoms with Gasteiger partial charge in [0, 0.05) is 6.07 Å². The predicted octanol–water partition coefficient (Wildman–Crippen LogP) is 2.43. The SMILES string of the molecule is CCc1nnc(NC(=O)CNc2ccc(F)cc2F)s1. The maximum Gasteiger partial charge on any atom is 0.245 e. The lowest BCUT2D eigenvalue weighted by Crippen LogP contribution is -2.22. The molecule has 1 amide bonds. The van der Waals surface area contributed by atoms with E-state index in [0.717, 1.165) is 23.6 Å². The maximum atomic E-state index is 13.3. The van der Waals surface area contributed by atoms with E-state index in [4.69, 9.17) is 0 Å². The first-order chi connectivity index (χ1) is 9.58. The molecule has 0 radical (unpaired) electrons. The van der Waals surface area contributed by atoms with E-state index in [1.165, 1.54) is 17.4 Å². The monoisotopic (exact) mass is 298 g/mol. The number of nitrogens with one attached hydrogen (secondary N) is 2. The summed E-state index contributed by atoms with van der Waals surface area (Å²) in [6, 6.07) is 3.10. The molecule has 2 rings (SSSR count). The van der Waals surface area contributed by atoms with E-state index >= 15 is 0 Å². The summed E-state index contributed by atoms with van der Waals surface area (Å²) in [5.41, 5.74) is 0.0630. The van der Waals surface area contributed by atoms with Crippen molar-refractivity contribution in [2.45, 2.75) is 13.3 Å². The van der Waals surface area contributed by atoms with E-state index < -0.39 is 11.6 Å². The quantitative estimate of drug-likeness (QED) is 0.889. The molecular weight excluding hydrogens is 286 g/mol. The Morgan fingerprint density at radius 3 is 2.80 bits per heavy atom. The summed E-state index contributed by atoms with van der Waals surface area (Å²) in [5, 5.41) is 14.0. The molecule has 0 atom stereocenters. The molecule has 0 aliphatic carbocycles. The van der Waals surface area contributed by atoms with Crippen molar-refractivity contribution in [3.8, 4) is 0 Å². The van der Waals surface area contributed by atoms with E-state index in [1.54, 1.807) is 0 Å². The highest BCUT2D eigenvalue weighted by molar-refractivity contribution is 7.15. The van der Waals surface area contributed by atoms with E-state index in [1.807, 2.05) is 6.92 Å². The molecule has 0 fully saturated rings. The lowest BCUT2D eigenvalue weighted by molar-refractivity contribution is -0.114. The van der Waals surface area contributed by atoms with Gasteiger partial charge in [0.25, 0.3) is 0 Å². The summed E-state index contributed by atoms with van der Waals surface area (Å²) in [6.07, 6.45) is 0.743. The molecule has 20 heavy (non-hydrogen) atoms. The lowest BCUT2D eigenvalue weighted by atomic mass is 10.3. The van der Waals surface area contributed by atoms with Crippen molar-refractivity contribution in [1.29, 1.82) is 0 Å². The van der Waals surface area contributed by atoms with Crippen molar-refractivity contribution >= 4 is 28.1 Å². The number of hydrogen-bond donors (Lipinski definition) is 2. The van der Waals surface area contributed by atoms with Crippen molar-refractivity contribution in [2.24, 2.45) is 0 Å². The second-order valence-corrected chi connectivity index (χ2v) is 4.94. The summed E-state index contributed by atoms with van der Waals surface area (Å²) in [6.45, 7) is 1.79. The summed E-state index contributed by atoms with van der Waals surface area (Å²) in [7, 11) is 0. The molecule has 0 saturated carbocycles. The largest absolute Gasteiger partial charge is 0.374 e. The molecule has 0 unspecified atom stereocenters. The Balaban J connectivity index is 1.88. The number of carbonyl (C=O) groups excluding carboxylic acids is 1. The van der Waals surface area contributed by atoms with Crippen LogP contribution in [0, 0.1) is 11.6 Å². The minimum atomic E-state index is -0.748. The second kappa shape index (κ2) is 6.38. The number of carbonyl (C=O) groups is 1. The average Bonchev–Trinajstić information content (AvgIpc) is 2.85. The van der Waals surface area contributed by atoms with Gasteiger partial charge in [-0.3, -0.25) is 10.1 Å². The van der Waals surface area contributed by atoms with Crippen LogP contribution in [0.2, 0.25) is 0 Å². The fourth-order valence-electron chi connectivity index (χ4n) is 1.42. The van der Waals surface area contributed by atoms with Crippen LogP contribution in [0.1, 0.15) is 11.9 Å². The van der Waals surface area contributed by atoms with Crippen LogP contribution in [0.15, 0.2) is 18.2 Å². The van der Waals surface area contributed by atoms with Crippen molar-refractivity contribution in [3.63, 3.8) is 0 Å². The summed E-state index contributed by atoms with van der Waals surface area (Å²) in [5.74, 6) is -1.80. The third kappa shape index (κ3) is 3.70. The van der Waals surface area contributed by atoms with Gasteiger partial charge >= 0.3 is 0 Å². The minimum Gasteiger partial charge on any atom is -0.374 e. The molecular formula is C12H12F2N4OS. The van der Waals surface area contributed by atoms with Crippen LogP contribution in [0.25, 0.3) is 0 Å². The number of benzene rings is 1. The maximum absolute atomic E-state index is 13.3. The first-order valence-corrected chi connectivity index (χ1v) is 6.71. The molecule has 2 aromatic rings. The van der Waals surface area contributed by atoms with Crippen LogP contribution >= 0.6 is 11.3 Å². The van der Waals surface area contributed by atoms with Gasteiger partial charge < -0.3 is 5.32 Å². The molecule has 1 heterocycles. The first kappa shape index (κ1) is 14.3. The Hall–Kier alpha value is -2.09. The Labute approximate surface area is 118 Å². The molecule has 2 N–H and O–H groups in total. The fourth-order valence-corrected chi connectivity index (χ4v) is 2.11. The smallest absolute Gasteiger partial charge is 0.245 e. The van der Waals surface area contributed by atoms with Crippen molar-refractivity contribution in [2.75, 3.05) is 17.2 Å². The molecule has 0 aliphatic rings. The van der Waals surface area contributed by atoms with Crippen molar-refractivity contribution in [3.05, 3.63) is 34.8 Å². The number of aromatic nitrogens is 2. The standard InChI is InChI=1S/C12H12F2N4OS/c1-2-11-17-18-12(20-11)16-10(19)6-15-9-4-3-7(13)5-8(9)14/h3-5,15H,2,6H2,1H3,(H,16,18,19). The summed E-state index contributed by atoms with van der Waals surface area (Å²) >= 11 is 1.28. The Morgan fingerprint density at radius 1 is 1.35 bits per heavy atom. The van der Waals surface area contributed by atoms with Crippen LogP contribution in [-0.4, -0.2) is 22.6 Å². The van der Waals surface area contributed by atoms with Crippen LogP contribution in [0.4, 0.5) is 19.6 Å². The topological polar surface area (TPSA) is 66.9 Å². The zero-order valence-corrected chi connectivity index (χ0v) is 11.4. The Kier molecular flexibility index (Phi) is 4.57. The predicted molar refractivity (Wildman–Crippen MR) is 72.8 cm³/mol. The molecule has 1 aromatic carbocycles. The highest BCUT2D eigenvalue weighted by Crippen LogP contribution is 2.16. The summed E-state index contributed by atoms with van der Waals surface area (Å²) < 4.78 is 26.0. The number of nitrogens with zero attached hydrogens (tertiary/aromatic N) is 2. The minimum absolute atomic E-state index is 0.0630. The van der Waals surface area contributed by atoms with Crippen LogP contribution in [-0.2, 0) is 11.2 Å². The molecule has 0 bridgehead atoms. The second-order valence-electron chi connectivity index (χ2n) is 3.88. The first-order valence-electron chi connectivity index (χ1n) is 5.89.